The first-order valence-electron chi connectivity index (χ1n) is 4.76. The second-order valence-corrected chi connectivity index (χ2v) is 3.07. The van der Waals surface area contributed by atoms with E-state index in [0.717, 1.165) is 0 Å². The molecule has 0 aliphatic rings. The van der Waals surface area contributed by atoms with Gasteiger partial charge in [0.15, 0.2) is 0 Å². The number of aromatic nitrogens is 3. The highest BCUT2D eigenvalue weighted by atomic mass is 19.3. The van der Waals surface area contributed by atoms with Crippen molar-refractivity contribution in [2.75, 3.05) is 0 Å². The lowest BCUT2D eigenvalue weighted by molar-refractivity contribution is 0.144. The molecule has 0 bridgehead atoms. The molecule has 0 aromatic carbocycles. The maximum Gasteiger partial charge on any atom is 0.283 e. The summed E-state index contributed by atoms with van der Waals surface area (Å²) in [5.41, 5.74) is 0.0345. The third-order valence-electron chi connectivity index (χ3n) is 2.04. The number of nitrogens with zero attached hydrogens (tertiary/aromatic N) is 3. The van der Waals surface area contributed by atoms with E-state index >= 15 is 0 Å². The van der Waals surface area contributed by atoms with Crippen molar-refractivity contribution >= 4 is 0 Å². The molecule has 0 saturated heterocycles. The molecule has 0 aliphatic heterocycles. The van der Waals surface area contributed by atoms with Gasteiger partial charge >= 0.3 is 0 Å². The van der Waals surface area contributed by atoms with E-state index in [0.29, 0.717) is 12.1 Å². The summed E-state index contributed by atoms with van der Waals surface area (Å²) in [5.74, 6) is 0.274. The summed E-state index contributed by atoms with van der Waals surface area (Å²) < 4.78 is 30.4. The molecular weight excluding hydrogens is 216 g/mol. The Hall–Kier alpha value is -1.85. The van der Waals surface area contributed by atoms with Gasteiger partial charge in [0.25, 0.3) is 6.43 Å². The molecule has 6 heteroatoms. The highest BCUT2D eigenvalue weighted by molar-refractivity contribution is 5.45. The van der Waals surface area contributed by atoms with Crippen LogP contribution in [0.1, 0.15) is 24.8 Å². The van der Waals surface area contributed by atoms with Crippen molar-refractivity contribution in [2.45, 2.75) is 19.8 Å². The lowest BCUT2D eigenvalue weighted by atomic mass is 10.3. The highest BCUT2D eigenvalue weighted by Crippen LogP contribution is 2.27. The average Bonchev–Trinajstić information content (AvgIpc) is 2.74. The molecule has 4 nitrogen and oxygen atoms in total. The molecule has 0 amide bonds. The first kappa shape index (κ1) is 10.7. The lowest BCUT2D eigenvalue weighted by Gasteiger charge is -1.93. The third kappa shape index (κ3) is 1.91. The maximum atomic E-state index is 12.6. The smallest absolute Gasteiger partial charge is 0.283 e. The van der Waals surface area contributed by atoms with Gasteiger partial charge in [-0.1, -0.05) is 6.92 Å². The topological polar surface area (TPSA) is 51.8 Å². The van der Waals surface area contributed by atoms with Crippen molar-refractivity contribution in [1.29, 1.82) is 0 Å². The predicted molar refractivity (Wildman–Crippen MR) is 51.9 cm³/mol. The summed E-state index contributed by atoms with van der Waals surface area (Å²) in [4.78, 5) is 11.5. The van der Waals surface area contributed by atoms with Gasteiger partial charge in [0, 0.05) is 18.8 Å². The van der Waals surface area contributed by atoms with Gasteiger partial charge in [0.1, 0.15) is 17.1 Å². The molecule has 0 radical (unpaired) electrons. The van der Waals surface area contributed by atoms with Crippen LogP contribution in [0.3, 0.4) is 0 Å². The van der Waals surface area contributed by atoms with Crippen molar-refractivity contribution in [2.24, 2.45) is 0 Å². The molecule has 0 N–H and O–H groups in total. The van der Waals surface area contributed by atoms with E-state index in [1.165, 1.54) is 18.6 Å². The molecule has 0 fully saturated rings. The van der Waals surface area contributed by atoms with Gasteiger partial charge in [-0.2, -0.15) is 0 Å². The minimum atomic E-state index is -2.64. The number of rotatable bonds is 3. The fourth-order valence-electron chi connectivity index (χ4n) is 1.31. The normalized spacial score (nSPS) is 11.0. The van der Waals surface area contributed by atoms with Crippen LogP contribution >= 0.6 is 0 Å². The van der Waals surface area contributed by atoms with Gasteiger partial charge in [-0.15, -0.1) is 0 Å². The Morgan fingerprint density at radius 2 is 2.19 bits per heavy atom. The van der Waals surface area contributed by atoms with E-state index in [9.17, 15) is 8.78 Å². The molecular formula is C10H9F2N3O. The Balaban J connectivity index is 2.44. The highest BCUT2D eigenvalue weighted by Gasteiger charge is 2.21. The first-order chi connectivity index (χ1) is 7.72. The number of hydrogen-bond donors (Lipinski definition) is 0. The number of halogens is 2. The fourth-order valence-corrected chi connectivity index (χ4v) is 1.31. The number of oxazole rings is 1. The molecule has 16 heavy (non-hydrogen) atoms. The van der Waals surface area contributed by atoms with E-state index in [4.69, 9.17) is 4.42 Å². The minimum absolute atomic E-state index is 0.0836. The largest absolute Gasteiger partial charge is 0.439 e. The number of aryl methyl sites for hydroxylation is 1. The second kappa shape index (κ2) is 4.34. The van der Waals surface area contributed by atoms with Crippen LogP contribution in [0.25, 0.3) is 11.6 Å². The van der Waals surface area contributed by atoms with E-state index in [1.54, 1.807) is 6.92 Å². The van der Waals surface area contributed by atoms with Crippen molar-refractivity contribution < 1.29 is 13.2 Å². The Morgan fingerprint density at radius 1 is 1.38 bits per heavy atom. The monoisotopic (exact) mass is 225 g/mol. The molecule has 0 atom stereocenters. The molecule has 84 valence electrons. The fraction of sp³-hybridized carbons (Fsp3) is 0.300. The quantitative estimate of drug-likeness (QED) is 0.805. The van der Waals surface area contributed by atoms with Crippen LogP contribution < -0.4 is 0 Å². The van der Waals surface area contributed by atoms with Gasteiger partial charge in [0.2, 0.25) is 5.89 Å². The molecule has 2 rings (SSSR count). The van der Waals surface area contributed by atoms with E-state index in [2.05, 4.69) is 15.0 Å². The zero-order valence-corrected chi connectivity index (χ0v) is 8.52. The minimum Gasteiger partial charge on any atom is -0.439 e. The summed E-state index contributed by atoms with van der Waals surface area (Å²) in [6.45, 7) is 1.73. The molecule has 0 saturated carbocycles. The van der Waals surface area contributed by atoms with Crippen LogP contribution in [0.2, 0.25) is 0 Å². The molecule has 2 heterocycles. The Labute approximate surface area is 90.4 Å². The van der Waals surface area contributed by atoms with E-state index in [1.807, 2.05) is 0 Å². The summed E-state index contributed by atoms with van der Waals surface area (Å²) in [7, 11) is 0. The van der Waals surface area contributed by atoms with Crippen LogP contribution in [0.4, 0.5) is 8.78 Å². The van der Waals surface area contributed by atoms with Crippen LogP contribution in [0.5, 0.6) is 0 Å². The summed E-state index contributed by atoms with van der Waals surface area (Å²) in [6, 6.07) is 0. The molecule has 0 unspecified atom stereocenters. The zero-order valence-electron chi connectivity index (χ0n) is 8.52. The molecule has 2 aromatic heterocycles. The summed E-state index contributed by atoms with van der Waals surface area (Å²) >= 11 is 0. The Morgan fingerprint density at radius 3 is 2.69 bits per heavy atom. The van der Waals surface area contributed by atoms with Gasteiger partial charge in [-0.3, -0.25) is 4.98 Å². The van der Waals surface area contributed by atoms with Crippen LogP contribution in [-0.2, 0) is 6.42 Å². The molecule has 0 aliphatic carbocycles. The SMILES string of the molecule is CCc1oc(-c2cnccn2)nc1C(F)F. The van der Waals surface area contributed by atoms with Gasteiger partial charge < -0.3 is 4.42 Å². The van der Waals surface area contributed by atoms with Gasteiger partial charge in [-0.05, 0) is 0 Å². The van der Waals surface area contributed by atoms with Crippen LogP contribution in [0, 0.1) is 0 Å². The van der Waals surface area contributed by atoms with Gasteiger partial charge in [0.05, 0.1) is 6.20 Å². The van der Waals surface area contributed by atoms with Crippen molar-refractivity contribution in [3.05, 3.63) is 30.0 Å². The van der Waals surface area contributed by atoms with Crippen LogP contribution in [0.15, 0.2) is 23.0 Å². The first-order valence-corrected chi connectivity index (χ1v) is 4.76. The molecule has 2 aromatic rings. The Kier molecular flexibility index (Phi) is 2.89. The predicted octanol–water partition coefficient (Wildman–Crippen LogP) is 2.63. The summed E-state index contributed by atoms with van der Waals surface area (Å²) in [5, 5.41) is 0. The van der Waals surface area contributed by atoms with E-state index < -0.39 is 6.43 Å². The number of hydrogen-bond acceptors (Lipinski definition) is 4. The van der Waals surface area contributed by atoms with Crippen molar-refractivity contribution in [3.63, 3.8) is 0 Å². The Bertz CT molecular complexity index is 470. The number of alkyl halides is 2. The standard InChI is InChI=1S/C10H9F2N3O/c1-2-7-8(9(11)12)15-10(16-7)6-5-13-3-4-14-6/h3-5,9H,2H2,1H3. The van der Waals surface area contributed by atoms with E-state index in [-0.39, 0.29) is 17.3 Å². The average molecular weight is 225 g/mol. The maximum absolute atomic E-state index is 12.6. The second-order valence-electron chi connectivity index (χ2n) is 3.07. The van der Waals surface area contributed by atoms with Crippen molar-refractivity contribution in [1.82, 2.24) is 15.0 Å². The van der Waals surface area contributed by atoms with Crippen LogP contribution in [-0.4, -0.2) is 15.0 Å². The molecule has 0 spiro atoms. The summed E-state index contributed by atoms with van der Waals surface area (Å²) in [6.07, 6.45) is 2.09. The van der Waals surface area contributed by atoms with Crippen molar-refractivity contribution in [3.8, 4) is 11.6 Å². The van der Waals surface area contributed by atoms with Gasteiger partial charge in [-0.25, -0.2) is 18.7 Å². The zero-order chi connectivity index (χ0) is 11.5. The third-order valence-corrected chi connectivity index (χ3v) is 2.04. The lowest BCUT2D eigenvalue weighted by Crippen LogP contribution is -1.90.